The van der Waals surface area contributed by atoms with Crippen molar-refractivity contribution in [3.63, 3.8) is 0 Å². The molecular weight excluding hydrogens is 342 g/mol. The number of thiazole rings is 1. The van der Waals surface area contributed by atoms with Crippen molar-refractivity contribution in [1.82, 2.24) is 29.4 Å². The largest absolute Gasteiger partial charge is 0.319 e. The van der Waals surface area contributed by atoms with Gasteiger partial charge in [0.15, 0.2) is 11.9 Å². The summed E-state index contributed by atoms with van der Waals surface area (Å²) in [5, 5.41) is 12.9. The summed E-state index contributed by atoms with van der Waals surface area (Å²) >= 11 is 1.47. The van der Waals surface area contributed by atoms with E-state index in [-0.39, 0.29) is 11.3 Å². The maximum Gasteiger partial charge on any atom is 0.274 e. The van der Waals surface area contributed by atoms with Crippen LogP contribution in [0.15, 0.2) is 35.4 Å². The molecule has 0 aromatic carbocycles. The Balaban J connectivity index is 1.64. The molecule has 0 unspecified atom stereocenters. The highest BCUT2D eigenvalue weighted by atomic mass is 32.1. The first-order valence-corrected chi connectivity index (χ1v) is 8.13. The first kappa shape index (κ1) is 15.1. The van der Waals surface area contributed by atoms with Crippen LogP contribution in [0.4, 0.5) is 5.69 Å². The summed E-state index contributed by atoms with van der Waals surface area (Å²) in [5.41, 5.74) is 3.99. The SMILES string of the molecule is Cn1ncc(C=O)c1C(=O)Nc1ccc2nc(-c3cscn3)nn2c1. The maximum atomic E-state index is 12.4. The molecule has 0 atom stereocenters. The molecule has 4 aromatic heterocycles. The van der Waals surface area contributed by atoms with Crippen LogP contribution in [-0.2, 0) is 7.05 Å². The quantitative estimate of drug-likeness (QED) is 0.559. The molecule has 0 bridgehead atoms. The van der Waals surface area contributed by atoms with Gasteiger partial charge in [-0.05, 0) is 12.1 Å². The van der Waals surface area contributed by atoms with E-state index in [1.807, 2.05) is 5.38 Å². The highest BCUT2D eigenvalue weighted by Gasteiger charge is 2.17. The van der Waals surface area contributed by atoms with Gasteiger partial charge in [0, 0.05) is 12.4 Å². The molecule has 0 fully saturated rings. The molecule has 0 radical (unpaired) electrons. The van der Waals surface area contributed by atoms with Gasteiger partial charge in [-0.2, -0.15) is 5.10 Å². The van der Waals surface area contributed by atoms with E-state index in [0.29, 0.717) is 29.1 Å². The van der Waals surface area contributed by atoms with Crippen molar-refractivity contribution in [2.45, 2.75) is 0 Å². The van der Waals surface area contributed by atoms with E-state index < -0.39 is 5.91 Å². The van der Waals surface area contributed by atoms with Gasteiger partial charge in [-0.25, -0.2) is 14.5 Å². The number of carbonyl (C=O) groups is 2. The minimum Gasteiger partial charge on any atom is -0.319 e. The molecule has 4 aromatic rings. The third-order valence-corrected chi connectivity index (χ3v) is 4.15. The van der Waals surface area contributed by atoms with Gasteiger partial charge >= 0.3 is 0 Å². The van der Waals surface area contributed by atoms with Crippen LogP contribution >= 0.6 is 11.3 Å². The maximum absolute atomic E-state index is 12.4. The van der Waals surface area contributed by atoms with Crippen molar-refractivity contribution in [2.24, 2.45) is 7.05 Å². The average molecular weight is 353 g/mol. The number of nitrogens with zero attached hydrogens (tertiary/aromatic N) is 6. The monoisotopic (exact) mass is 353 g/mol. The Morgan fingerprint density at radius 3 is 3.00 bits per heavy atom. The number of pyridine rings is 1. The Hall–Kier alpha value is -3.40. The summed E-state index contributed by atoms with van der Waals surface area (Å²) in [5.74, 6) is 0.0842. The predicted octanol–water partition coefficient (Wildman–Crippen LogP) is 1.65. The van der Waals surface area contributed by atoms with Crippen molar-refractivity contribution >= 4 is 34.9 Å². The molecule has 124 valence electrons. The number of carbonyl (C=O) groups excluding carboxylic acids is 2. The Morgan fingerprint density at radius 2 is 2.24 bits per heavy atom. The van der Waals surface area contributed by atoms with E-state index in [9.17, 15) is 9.59 Å². The number of hydrogen-bond donors (Lipinski definition) is 1. The normalized spacial score (nSPS) is 10.9. The molecule has 0 saturated heterocycles. The Bertz CT molecular complexity index is 1080. The van der Waals surface area contributed by atoms with Crippen LogP contribution < -0.4 is 5.32 Å². The molecule has 1 amide bonds. The summed E-state index contributed by atoms with van der Waals surface area (Å²) < 4.78 is 2.92. The molecule has 0 aliphatic heterocycles. The van der Waals surface area contributed by atoms with Gasteiger partial charge in [0.2, 0.25) is 5.82 Å². The third-order valence-electron chi connectivity index (χ3n) is 3.56. The minimum absolute atomic E-state index is 0.192. The van der Waals surface area contributed by atoms with Crippen molar-refractivity contribution in [3.05, 3.63) is 46.7 Å². The molecule has 0 aliphatic carbocycles. The molecular formula is C15H11N7O2S. The zero-order valence-corrected chi connectivity index (χ0v) is 13.8. The van der Waals surface area contributed by atoms with Gasteiger partial charge in [0.05, 0.1) is 29.2 Å². The van der Waals surface area contributed by atoms with E-state index in [4.69, 9.17) is 0 Å². The van der Waals surface area contributed by atoms with Gasteiger partial charge in [0.25, 0.3) is 5.91 Å². The average Bonchev–Trinajstić information content (AvgIpc) is 3.32. The highest BCUT2D eigenvalue weighted by Crippen LogP contribution is 2.18. The first-order chi connectivity index (χ1) is 12.2. The van der Waals surface area contributed by atoms with Crippen LogP contribution in [0.3, 0.4) is 0 Å². The van der Waals surface area contributed by atoms with Crippen LogP contribution in [-0.4, -0.2) is 41.6 Å². The van der Waals surface area contributed by atoms with Gasteiger partial charge in [0.1, 0.15) is 11.4 Å². The van der Waals surface area contributed by atoms with Gasteiger partial charge in [-0.15, -0.1) is 16.4 Å². The van der Waals surface area contributed by atoms with Crippen LogP contribution in [0, 0.1) is 0 Å². The van der Waals surface area contributed by atoms with Crippen LogP contribution in [0.1, 0.15) is 20.8 Å². The third kappa shape index (κ3) is 2.68. The Labute approximate surface area is 145 Å². The van der Waals surface area contributed by atoms with Crippen molar-refractivity contribution in [3.8, 4) is 11.5 Å². The first-order valence-electron chi connectivity index (χ1n) is 7.19. The lowest BCUT2D eigenvalue weighted by Gasteiger charge is -2.06. The van der Waals surface area contributed by atoms with E-state index in [1.54, 1.807) is 35.4 Å². The van der Waals surface area contributed by atoms with Crippen molar-refractivity contribution in [2.75, 3.05) is 5.32 Å². The second-order valence-electron chi connectivity index (χ2n) is 5.17. The fourth-order valence-electron chi connectivity index (χ4n) is 2.40. The van der Waals surface area contributed by atoms with Crippen LogP contribution in [0.5, 0.6) is 0 Å². The highest BCUT2D eigenvalue weighted by molar-refractivity contribution is 7.07. The number of aldehydes is 1. The van der Waals surface area contributed by atoms with E-state index in [1.165, 1.54) is 22.2 Å². The van der Waals surface area contributed by atoms with Gasteiger partial charge in [-0.1, -0.05) is 0 Å². The smallest absolute Gasteiger partial charge is 0.274 e. The molecule has 10 heteroatoms. The molecule has 1 N–H and O–H groups in total. The molecule has 4 heterocycles. The van der Waals surface area contributed by atoms with Gasteiger partial charge < -0.3 is 5.32 Å². The minimum atomic E-state index is -0.429. The lowest BCUT2D eigenvalue weighted by molar-refractivity contribution is 0.101. The lowest BCUT2D eigenvalue weighted by atomic mass is 10.2. The number of aromatic nitrogens is 6. The number of amides is 1. The number of nitrogens with one attached hydrogen (secondary N) is 1. The molecule has 9 nitrogen and oxygen atoms in total. The van der Waals surface area contributed by atoms with E-state index in [0.717, 1.165) is 0 Å². The molecule has 0 aliphatic rings. The summed E-state index contributed by atoms with van der Waals surface area (Å²) in [6.45, 7) is 0. The number of hydrogen-bond acceptors (Lipinski definition) is 7. The van der Waals surface area contributed by atoms with E-state index in [2.05, 4.69) is 25.5 Å². The fraction of sp³-hybridized carbons (Fsp3) is 0.0667. The topological polar surface area (TPSA) is 107 Å². The number of anilines is 1. The Morgan fingerprint density at radius 1 is 1.36 bits per heavy atom. The summed E-state index contributed by atoms with van der Waals surface area (Å²) in [6, 6.07) is 3.45. The molecule has 0 spiro atoms. The van der Waals surface area contributed by atoms with Crippen molar-refractivity contribution < 1.29 is 9.59 Å². The van der Waals surface area contributed by atoms with Crippen LogP contribution in [0.25, 0.3) is 17.2 Å². The second kappa shape index (κ2) is 5.91. The van der Waals surface area contributed by atoms with Gasteiger partial charge in [-0.3, -0.25) is 14.3 Å². The molecule has 0 saturated carbocycles. The molecule has 4 rings (SSSR count). The summed E-state index contributed by atoms with van der Waals surface area (Å²) in [6.07, 6.45) is 3.60. The summed E-state index contributed by atoms with van der Waals surface area (Å²) in [4.78, 5) is 32.0. The second-order valence-corrected chi connectivity index (χ2v) is 5.89. The number of aryl methyl sites for hydroxylation is 1. The zero-order chi connectivity index (χ0) is 17.4. The summed E-state index contributed by atoms with van der Waals surface area (Å²) in [7, 11) is 1.60. The number of fused-ring (bicyclic) bond motifs is 1. The van der Waals surface area contributed by atoms with Crippen molar-refractivity contribution in [1.29, 1.82) is 0 Å². The predicted molar refractivity (Wildman–Crippen MR) is 90.6 cm³/mol. The Kier molecular flexibility index (Phi) is 3.58. The zero-order valence-electron chi connectivity index (χ0n) is 12.9. The van der Waals surface area contributed by atoms with E-state index >= 15 is 0 Å². The molecule has 25 heavy (non-hydrogen) atoms. The fourth-order valence-corrected chi connectivity index (χ4v) is 2.93. The standard InChI is InChI=1S/C15H11N7O2S/c1-21-13(9(6-23)4-17-21)15(24)18-10-2-3-12-19-14(20-22(12)5-10)11-7-25-8-16-11/h2-8H,1H3,(H,18,24). The number of rotatable bonds is 4. The lowest BCUT2D eigenvalue weighted by Crippen LogP contribution is -2.18. The van der Waals surface area contributed by atoms with Crippen LogP contribution in [0.2, 0.25) is 0 Å².